The fraction of sp³-hybridized carbons (Fsp3) is 0.550. The zero-order valence-corrected chi connectivity index (χ0v) is 15.9. The maximum Gasteiger partial charge on any atom is 0.317 e. The second-order valence-corrected chi connectivity index (χ2v) is 7.24. The van der Waals surface area contributed by atoms with E-state index in [1.54, 1.807) is 11.9 Å². The number of carbonyl (C=O) groups excluding carboxylic acids is 1. The van der Waals surface area contributed by atoms with Crippen LogP contribution in [0.5, 0.6) is 0 Å². The lowest BCUT2D eigenvalue weighted by Crippen LogP contribution is -2.44. The monoisotopic (exact) mass is 345 g/mol. The summed E-state index contributed by atoms with van der Waals surface area (Å²) in [6, 6.07) is 8.38. The van der Waals surface area contributed by atoms with Crippen LogP contribution in [0.3, 0.4) is 0 Å². The molecule has 1 N–H and O–H groups in total. The van der Waals surface area contributed by atoms with E-state index in [0.29, 0.717) is 13.1 Å². The lowest BCUT2D eigenvalue weighted by Gasteiger charge is -2.35. The topological polar surface area (TPSA) is 44.8 Å². The molecule has 5 nitrogen and oxygen atoms in total. The van der Waals surface area contributed by atoms with E-state index in [0.717, 1.165) is 30.8 Å². The number of benzene rings is 1. The molecule has 0 aliphatic carbocycles. The molecule has 2 atom stereocenters. The molecule has 0 bridgehead atoms. The van der Waals surface area contributed by atoms with Gasteiger partial charge in [0, 0.05) is 39.8 Å². The van der Waals surface area contributed by atoms with Gasteiger partial charge in [-0.1, -0.05) is 36.4 Å². The Morgan fingerprint density at radius 3 is 2.36 bits per heavy atom. The highest BCUT2D eigenvalue weighted by Gasteiger charge is 2.21. The van der Waals surface area contributed by atoms with Crippen molar-refractivity contribution in [3.63, 3.8) is 0 Å². The number of rotatable bonds is 6. The summed E-state index contributed by atoms with van der Waals surface area (Å²) in [7, 11) is 1.78. The summed E-state index contributed by atoms with van der Waals surface area (Å²) in [4.78, 5) is 16.1. The first kappa shape index (κ1) is 19.5. The number of ether oxygens (including phenoxy) is 1. The number of morpholine rings is 1. The van der Waals surface area contributed by atoms with Crippen molar-refractivity contribution in [3.8, 4) is 0 Å². The highest BCUT2D eigenvalue weighted by atomic mass is 16.5. The molecular weight excluding hydrogens is 314 g/mol. The number of nitrogens with one attached hydrogen (secondary N) is 1. The summed E-state index contributed by atoms with van der Waals surface area (Å²) in [5, 5.41) is 2.94. The van der Waals surface area contributed by atoms with Gasteiger partial charge in [-0.15, -0.1) is 0 Å². The smallest absolute Gasteiger partial charge is 0.317 e. The van der Waals surface area contributed by atoms with Gasteiger partial charge >= 0.3 is 6.03 Å². The van der Waals surface area contributed by atoms with Crippen LogP contribution in [0.25, 0.3) is 0 Å². The molecule has 0 spiro atoms. The average Bonchev–Trinajstić information content (AvgIpc) is 2.52. The van der Waals surface area contributed by atoms with Gasteiger partial charge in [-0.2, -0.15) is 0 Å². The Morgan fingerprint density at radius 2 is 1.80 bits per heavy atom. The van der Waals surface area contributed by atoms with Crippen molar-refractivity contribution < 1.29 is 9.53 Å². The molecular formula is C20H31N3O2. The van der Waals surface area contributed by atoms with E-state index in [2.05, 4.69) is 54.9 Å². The van der Waals surface area contributed by atoms with E-state index >= 15 is 0 Å². The number of carbonyl (C=O) groups is 1. The fourth-order valence-electron chi connectivity index (χ4n) is 3.22. The van der Waals surface area contributed by atoms with Gasteiger partial charge in [0.1, 0.15) is 0 Å². The Hall–Kier alpha value is -1.85. The Morgan fingerprint density at radius 1 is 1.24 bits per heavy atom. The molecule has 1 aromatic carbocycles. The Bertz CT molecular complexity index is 575. The molecule has 0 aromatic heterocycles. The fourth-order valence-corrected chi connectivity index (χ4v) is 3.22. The molecule has 5 heteroatoms. The summed E-state index contributed by atoms with van der Waals surface area (Å²) < 4.78 is 5.78. The van der Waals surface area contributed by atoms with Crippen molar-refractivity contribution in [2.24, 2.45) is 0 Å². The predicted molar refractivity (Wildman–Crippen MR) is 101 cm³/mol. The lowest BCUT2D eigenvalue weighted by atomic mass is 10.1. The van der Waals surface area contributed by atoms with Crippen LogP contribution in [-0.4, -0.2) is 54.7 Å². The Kier molecular flexibility index (Phi) is 7.02. The molecule has 1 saturated heterocycles. The van der Waals surface area contributed by atoms with Gasteiger partial charge in [0.2, 0.25) is 0 Å². The summed E-state index contributed by atoms with van der Waals surface area (Å²) >= 11 is 0. The van der Waals surface area contributed by atoms with E-state index in [-0.39, 0.29) is 18.2 Å². The van der Waals surface area contributed by atoms with Gasteiger partial charge in [0.25, 0.3) is 0 Å². The van der Waals surface area contributed by atoms with Crippen LogP contribution < -0.4 is 5.32 Å². The zero-order valence-electron chi connectivity index (χ0n) is 15.9. The van der Waals surface area contributed by atoms with Crippen LogP contribution in [0.2, 0.25) is 0 Å². The van der Waals surface area contributed by atoms with Gasteiger partial charge in [0.05, 0.1) is 12.2 Å². The zero-order chi connectivity index (χ0) is 18.4. The quantitative estimate of drug-likeness (QED) is 0.806. The molecule has 0 radical (unpaired) electrons. The van der Waals surface area contributed by atoms with E-state index in [9.17, 15) is 4.79 Å². The number of hydrogen-bond donors (Lipinski definition) is 1. The molecule has 2 unspecified atom stereocenters. The highest BCUT2D eigenvalue weighted by molar-refractivity contribution is 5.74. The average molecular weight is 345 g/mol. The van der Waals surface area contributed by atoms with Crippen LogP contribution in [0.4, 0.5) is 4.79 Å². The third-order valence-electron chi connectivity index (χ3n) is 4.22. The van der Waals surface area contributed by atoms with Gasteiger partial charge < -0.3 is 15.0 Å². The van der Waals surface area contributed by atoms with Crippen molar-refractivity contribution in [1.82, 2.24) is 15.1 Å². The van der Waals surface area contributed by atoms with Crippen molar-refractivity contribution in [2.45, 2.75) is 46.1 Å². The van der Waals surface area contributed by atoms with E-state index in [4.69, 9.17) is 4.74 Å². The SMILES string of the molecule is C=C(C)CN(C)C(=O)NCc1ccc(CN2CC(C)OC(C)C2)cc1. The molecule has 0 saturated carbocycles. The molecule has 1 heterocycles. The summed E-state index contributed by atoms with van der Waals surface area (Å²) in [6.07, 6.45) is 0.573. The van der Waals surface area contributed by atoms with Crippen LogP contribution in [-0.2, 0) is 17.8 Å². The van der Waals surface area contributed by atoms with Gasteiger partial charge in [0.15, 0.2) is 0 Å². The maximum atomic E-state index is 12.0. The standard InChI is InChI=1S/C20H31N3O2/c1-15(2)11-22(5)20(24)21-10-18-6-8-19(9-7-18)14-23-12-16(3)25-17(4)13-23/h6-9,16-17H,1,10-14H2,2-5H3,(H,21,24). The van der Waals surface area contributed by atoms with E-state index < -0.39 is 0 Å². The molecule has 1 aliphatic heterocycles. The number of amides is 2. The first-order valence-corrected chi connectivity index (χ1v) is 8.92. The van der Waals surface area contributed by atoms with E-state index in [1.807, 2.05) is 6.92 Å². The minimum atomic E-state index is -0.0802. The molecule has 1 aromatic rings. The number of urea groups is 1. The van der Waals surface area contributed by atoms with Gasteiger partial charge in [-0.25, -0.2) is 4.79 Å². The second kappa shape index (κ2) is 9.02. The van der Waals surface area contributed by atoms with Crippen LogP contribution in [0, 0.1) is 0 Å². The molecule has 25 heavy (non-hydrogen) atoms. The molecule has 1 fully saturated rings. The minimum absolute atomic E-state index is 0.0802. The Balaban J connectivity index is 1.81. The number of likely N-dealkylation sites (N-methyl/N-ethyl adjacent to an activating group) is 1. The second-order valence-electron chi connectivity index (χ2n) is 7.24. The van der Waals surface area contributed by atoms with Crippen LogP contribution in [0.15, 0.2) is 36.4 Å². The van der Waals surface area contributed by atoms with E-state index in [1.165, 1.54) is 5.56 Å². The predicted octanol–water partition coefficient (Wildman–Crippen LogP) is 3.01. The maximum absolute atomic E-state index is 12.0. The highest BCUT2D eigenvalue weighted by Crippen LogP contribution is 2.14. The lowest BCUT2D eigenvalue weighted by molar-refractivity contribution is -0.0704. The molecule has 138 valence electrons. The first-order chi connectivity index (χ1) is 11.8. The van der Waals surface area contributed by atoms with Crippen molar-refractivity contribution in [3.05, 3.63) is 47.5 Å². The van der Waals surface area contributed by atoms with Gasteiger partial charge in [-0.05, 0) is 31.9 Å². The van der Waals surface area contributed by atoms with Crippen LogP contribution in [0.1, 0.15) is 31.9 Å². The van der Waals surface area contributed by atoms with Gasteiger partial charge in [-0.3, -0.25) is 4.90 Å². The van der Waals surface area contributed by atoms with Crippen molar-refractivity contribution in [2.75, 3.05) is 26.7 Å². The summed E-state index contributed by atoms with van der Waals surface area (Å²) in [5.74, 6) is 0. The number of nitrogens with zero attached hydrogens (tertiary/aromatic N) is 2. The molecule has 2 amide bonds. The normalized spacial score (nSPS) is 21.0. The Labute approximate surface area is 151 Å². The molecule has 1 aliphatic rings. The van der Waals surface area contributed by atoms with Crippen LogP contribution >= 0.6 is 0 Å². The van der Waals surface area contributed by atoms with Crippen molar-refractivity contribution >= 4 is 6.03 Å². The minimum Gasteiger partial charge on any atom is -0.373 e. The largest absolute Gasteiger partial charge is 0.373 e. The summed E-state index contributed by atoms with van der Waals surface area (Å²) in [6.45, 7) is 14.0. The number of hydrogen-bond acceptors (Lipinski definition) is 3. The third kappa shape index (κ3) is 6.52. The van der Waals surface area contributed by atoms with Crippen molar-refractivity contribution in [1.29, 1.82) is 0 Å². The molecule has 2 rings (SSSR count). The summed E-state index contributed by atoms with van der Waals surface area (Å²) in [5.41, 5.74) is 3.36. The third-order valence-corrected chi connectivity index (χ3v) is 4.22. The first-order valence-electron chi connectivity index (χ1n) is 8.92.